The third-order valence-corrected chi connectivity index (χ3v) is 9.31. The van der Waals surface area contributed by atoms with Crippen LogP contribution >= 0.6 is 0 Å². The molecule has 1 aromatic rings. The van der Waals surface area contributed by atoms with Gasteiger partial charge < -0.3 is 10.2 Å². The van der Waals surface area contributed by atoms with Crippen LogP contribution in [0, 0.1) is 0 Å². The van der Waals surface area contributed by atoms with Gasteiger partial charge >= 0.3 is 0 Å². The molecule has 160 valence electrons. The number of likely N-dealkylation sites (N-methyl/N-ethyl adjacent to an activating group) is 1. The Balaban J connectivity index is 1.44. The van der Waals surface area contributed by atoms with Crippen molar-refractivity contribution in [3.05, 3.63) is 35.4 Å². The predicted octanol–water partition coefficient (Wildman–Crippen LogP) is 2.07. The van der Waals surface area contributed by atoms with Crippen LogP contribution in [-0.4, -0.2) is 69.1 Å². The standard InChI is InChI=1S/C22H33N3O3S/c1-24(2)14-11-23-21(26)15-17-16-22(20-6-4-3-5-19(17)20)9-12-25(13-10-22)29(27,28)18-7-8-18/h3-6,17-18H,7-16H2,1-2H3,(H,23,26). The van der Waals surface area contributed by atoms with E-state index >= 15 is 0 Å². The number of benzene rings is 1. The van der Waals surface area contributed by atoms with E-state index in [1.165, 1.54) is 11.1 Å². The van der Waals surface area contributed by atoms with Gasteiger partial charge in [0.05, 0.1) is 5.25 Å². The summed E-state index contributed by atoms with van der Waals surface area (Å²) < 4.78 is 27.0. The number of nitrogens with one attached hydrogen (secondary N) is 1. The minimum absolute atomic E-state index is 0.0146. The van der Waals surface area contributed by atoms with Crippen LogP contribution in [0.4, 0.5) is 0 Å². The van der Waals surface area contributed by atoms with Crippen molar-refractivity contribution in [2.75, 3.05) is 40.3 Å². The summed E-state index contributed by atoms with van der Waals surface area (Å²) in [5.74, 6) is 0.328. The van der Waals surface area contributed by atoms with Gasteiger partial charge in [-0.2, -0.15) is 0 Å². The first-order chi connectivity index (χ1) is 13.8. The van der Waals surface area contributed by atoms with E-state index in [2.05, 4.69) is 34.5 Å². The monoisotopic (exact) mass is 419 g/mol. The summed E-state index contributed by atoms with van der Waals surface area (Å²) in [6, 6.07) is 8.49. The quantitative estimate of drug-likeness (QED) is 0.735. The third kappa shape index (κ3) is 4.23. The molecule has 2 aliphatic carbocycles. The first-order valence-corrected chi connectivity index (χ1v) is 12.3. The molecule has 1 amide bonds. The second-order valence-corrected chi connectivity index (χ2v) is 11.5. The molecule has 0 bridgehead atoms. The number of piperidine rings is 1. The summed E-state index contributed by atoms with van der Waals surface area (Å²) in [5, 5.41) is 2.91. The van der Waals surface area contributed by atoms with Crippen LogP contribution in [0.1, 0.15) is 55.6 Å². The van der Waals surface area contributed by atoms with Gasteiger partial charge in [-0.25, -0.2) is 12.7 Å². The fourth-order valence-electron chi connectivity index (χ4n) is 5.14. The number of sulfonamides is 1. The second-order valence-electron chi connectivity index (χ2n) is 9.27. The van der Waals surface area contributed by atoms with E-state index in [0.29, 0.717) is 26.1 Å². The summed E-state index contributed by atoms with van der Waals surface area (Å²) in [4.78, 5) is 14.6. The molecule has 2 fully saturated rings. The molecule has 1 N–H and O–H groups in total. The Labute approximate surface area is 174 Å². The van der Waals surface area contributed by atoms with Crippen molar-refractivity contribution in [3.8, 4) is 0 Å². The van der Waals surface area contributed by atoms with Crippen LogP contribution in [0.5, 0.6) is 0 Å². The van der Waals surface area contributed by atoms with Gasteiger partial charge in [-0.3, -0.25) is 4.79 Å². The maximum Gasteiger partial charge on any atom is 0.220 e. The molecule has 1 heterocycles. The van der Waals surface area contributed by atoms with Gasteiger partial charge in [0.1, 0.15) is 0 Å². The third-order valence-electron chi connectivity index (χ3n) is 6.91. The number of amides is 1. The van der Waals surface area contributed by atoms with Crippen LogP contribution in [0.15, 0.2) is 24.3 Å². The minimum Gasteiger partial charge on any atom is -0.355 e. The fraction of sp³-hybridized carbons (Fsp3) is 0.682. The molecule has 1 spiro atoms. The van der Waals surface area contributed by atoms with Crippen molar-refractivity contribution in [2.24, 2.45) is 0 Å². The number of fused-ring (bicyclic) bond motifs is 2. The molecule has 3 aliphatic rings. The van der Waals surface area contributed by atoms with E-state index in [1.807, 2.05) is 14.1 Å². The average Bonchev–Trinajstić information content (AvgIpc) is 3.50. The van der Waals surface area contributed by atoms with Crippen LogP contribution in [0.3, 0.4) is 0 Å². The zero-order valence-corrected chi connectivity index (χ0v) is 18.4. The number of hydrogen-bond acceptors (Lipinski definition) is 4. The van der Waals surface area contributed by atoms with E-state index in [4.69, 9.17) is 0 Å². The number of carbonyl (C=O) groups excluding carboxylic acids is 1. The van der Waals surface area contributed by atoms with Gasteiger partial charge in [-0.15, -0.1) is 0 Å². The highest BCUT2D eigenvalue weighted by Gasteiger charge is 2.49. The Kier molecular flexibility index (Phi) is 5.75. The van der Waals surface area contributed by atoms with Crippen LogP contribution in [0.25, 0.3) is 0 Å². The molecule has 0 aromatic heterocycles. The predicted molar refractivity (Wildman–Crippen MR) is 114 cm³/mol. The van der Waals surface area contributed by atoms with Gasteiger partial charge in [0.25, 0.3) is 0 Å². The Bertz CT molecular complexity index is 856. The average molecular weight is 420 g/mol. The molecule has 1 saturated heterocycles. The van der Waals surface area contributed by atoms with Gasteiger partial charge in [-0.05, 0) is 68.7 Å². The lowest BCUT2D eigenvalue weighted by Gasteiger charge is -2.40. The van der Waals surface area contributed by atoms with E-state index in [0.717, 1.165) is 38.6 Å². The zero-order valence-electron chi connectivity index (χ0n) is 17.6. The fourth-order valence-corrected chi connectivity index (χ4v) is 6.99. The van der Waals surface area contributed by atoms with Gasteiger partial charge in [-0.1, -0.05) is 24.3 Å². The van der Waals surface area contributed by atoms with Gasteiger partial charge in [0.2, 0.25) is 15.9 Å². The maximum absolute atomic E-state index is 12.6. The largest absolute Gasteiger partial charge is 0.355 e. The summed E-state index contributed by atoms with van der Waals surface area (Å²) >= 11 is 0. The first-order valence-electron chi connectivity index (χ1n) is 10.8. The lowest BCUT2D eigenvalue weighted by Crippen LogP contribution is -2.45. The Morgan fingerprint density at radius 1 is 1.21 bits per heavy atom. The highest BCUT2D eigenvalue weighted by Crippen LogP contribution is 2.53. The normalized spacial score (nSPS) is 24.0. The van der Waals surface area contributed by atoms with Crippen molar-refractivity contribution < 1.29 is 13.2 Å². The number of nitrogens with zero attached hydrogens (tertiary/aromatic N) is 2. The van der Waals surface area contributed by atoms with Crippen molar-refractivity contribution in [3.63, 3.8) is 0 Å². The first kappa shape index (κ1) is 20.8. The molecule has 1 saturated carbocycles. The Morgan fingerprint density at radius 2 is 1.90 bits per heavy atom. The van der Waals surface area contributed by atoms with E-state index in [1.54, 1.807) is 4.31 Å². The molecular weight excluding hydrogens is 386 g/mol. The minimum atomic E-state index is -3.10. The zero-order chi connectivity index (χ0) is 20.6. The van der Waals surface area contributed by atoms with Crippen molar-refractivity contribution >= 4 is 15.9 Å². The smallest absolute Gasteiger partial charge is 0.220 e. The molecule has 1 unspecified atom stereocenters. The number of carbonyl (C=O) groups is 1. The summed E-state index contributed by atoms with van der Waals surface area (Å²) in [6.07, 6.45) is 4.81. The van der Waals surface area contributed by atoms with Crippen LogP contribution in [0.2, 0.25) is 0 Å². The van der Waals surface area contributed by atoms with E-state index < -0.39 is 10.0 Å². The van der Waals surface area contributed by atoms with Crippen molar-refractivity contribution in [2.45, 2.75) is 55.1 Å². The van der Waals surface area contributed by atoms with E-state index in [9.17, 15) is 13.2 Å². The molecule has 0 radical (unpaired) electrons. The molecular formula is C22H33N3O3S. The van der Waals surface area contributed by atoms with Crippen molar-refractivity contribution in [1.29, 1.82) is 0 Å². The highest BCUT2D eigenvalue weighted by molar-refractivity contribution is 7.90. The molecule has 4 rings (SSSR count). The topological polar surface area (TPSA) is 69.7 Å². The summed E-state index contributed by atoms with van der Waals surface area (Å²) in [7, 11) is 0.901. The molecule has 29 heavy (non-hydrogen) atoms. The van der Waals surface area contributed by atoms with Gasteiger partial charge in [0, 0.05) is 32.6 Å². The van der Waals surface area contributed by atoms with Gasteiger partial charge in [0.15, 0.2) is 0 Å². The van der Waals surface area contributed by atoms with Crippen molar-refractivity contribution in [1.82, 2.24) is 14.5 Å². The maximum atomic E-state index is 12.6. The molecule has 1 atom stereocenters. The SMILES string of the molecule is CN(C)CCNC(=O)CC1CC2(CCN(S(=O)(=O)C3CC3)CC2)c2ccccc21. The Hall–Kier alpha value is -1.44. The lowest BCUT2D eigenvalue weighted by molar-refractivity contribution is -0.121. The molecule has 1 aromatic carbocycles. The van der Waals surface area contributed by atoms with E-state index in [-0.39, 0.29) is 22.5 Å². The molecule has 7 heteroatoms. The number of hydrogen-bond donors (Lipinski definition) is 1. The van der Waals surface area contributed by atoms with Crippen LogP contribution in [-0.2, 0) is 20.2 Å². The second kappa shape index (κ2) is 8.00. The van der Waals surface area contributed by atoms with Crippen LogP contribution < -0.4 is 5.32 Å². The Morgan fingerprint density at radius 3 is 2.55 bits per heavy atom. The number of rotatable bonds is 7. The molecule has 6 nitrogen and oxygen atoms in total. The summed E-state index contributed by atoms with van der Waals surface area (Å²) in [5.41, 5.74) is 2.64. The highest BCUT2D eigenvalue weighted by atomic mass is 32.2. The molecule has 1 aliphatic heterocycles. The summed E-state index contributed by atoms with van der Waals surface area (Å²) in [6.45, 7) is 2.71. The lowest BCUT2D eigenvalue weighted by atomic mass is 9.73.